The minimum absolute atomic E-state index is 0.0539. The van der Waals surface area contributed by atoms with Crippen molar-refractivity contribution in [2.45, 2.75) is 19.5 Å². The van der Waals surface area contributed by atoms with Crippen molar-refractivity contribution in [1.29, 1.82) is 0 Å². The van der Waals surface area contributed by atoms with Gasteiger partial charge in [0.2, 0.25) is 5.91 Å². The molecule has 2 aromatic carbocycles. The zero-order chi connectivity index (χ0) is 23.4. The van der Waals surface area contributed by atoms with Gasteiger partial charge >= 0.3 is 12.2 Å². The second-order valence-corrected chi connectivity index (χ2v) is 8.02. The summed E-state index contributed by atoms with van der Waals surface area (Å²) in [5.74, 6) is 0.0632. The van der Waals surface area contributed by atoms with Gasteiger partial charge in [0.1, 0.15) is 0 Å². The molecule has 0 radical (unpaired) electrons. The number of thiophene rings is 1. The minimum Gasteiger partial charge on any atom is -0.463 e. The van der Waals surface area contributed by atoms with E-state index in [2.05, 4.69) is 15.4 Å². The number of anilines is 1. The van der Waals surface area contributed by atoms with Crippen molar-refractivity contribution in [3.05, 3.63) is 76.5 Å². The highest BCUT2D eigenvalue weighted by molar-refractivity contribution is 7.10. The van der Waals surface area contributed by atoms with Crippen molar-refractivity contribution in [2.75, 3.05) is 11.9 Å². The highest BCUT2D eigenvalue weighted by Crippen LogP contribution is 2.33. The first-order valence-corrected chi connectivity index (χ1v) is 10.9. The molecule has 0 bridgehead atoms. The van der Waals surface area contributed by atoms with E-state index in [-0.39, 0.29) is 29.7 Å². The van der Waals surface area contributed by atoms with E-state index in [0.29, 0.717) is 18.0 Å². The van der Waals surface area contributed by atoms with E-state index in [0.717, 1.165) is 17.0 Å². The minimum atomic E-state index is -4.48. The van der Waals surface area contributed by atoms with Crippen molar-refractivity contribution in [2.24, 2.45) is 0 Å². The Hall–Kier alpha value is -3.66. The number of hydrogen-bond acceptors (Lipinski definition) is 5. The molecule has 33 heavy (non-hydrogen) atoms. The van der Waals surface area contributed by atoms with E-state index in [1.54, 1.807) is 31.2 Å². The van der Waals surface area contributed by atoms with Crippen molar-refractivity contribution in [3.63, 3.8) is 0 Å². The van der Waals surface area contributed by atoms with Gasteiger partial charge in [0, 0.05) is 16.1 Å². The van der Waals surface area contributed by atoms with Gasteiger partial charge in [-0.25, -0.2) is 4.68 Å². The van der Waals surface area contributed by atoms with Gasteiger partial charge in [0.25, 0.3) is 0 Å². The highest BCUT2D eigenvalue weighted by atomic mass is 32.1. The Balaban J connectivity index is 1.61. The molecule has 2 aromatic heterocycles. The molecule has 1 amide bonds. The SMILES string of the molecule is CCOc1nc(-c2cccc(C(F)(F)F)c2)n(-c2ccc(NC(=O)Cc3cccs3)cc2)n1. The van der Waals surface area contributed by atoms with Crippen LogP contribution in [0.1, 0.15) is 17.4 Å². The van der Waals surface area contributed by atoms with E-state index in [4.69, 9.17) is 4.74 Å². The molecule has 0 aliphatic carbocycles. The zero-order valence-corrected chi connectivity index (χ0v) is 18.3. The number of carbonyl (C=O) groups excluding carboxylic acids is 1. The summed E-state index contributed by atoms with van der Waals surface area (Å²) < 4.78 is 46.4. The van der Waals surface area contributed by atoms with Gasteiger partial charge in [-0.3, -0.25) is 4.79 Å². The number of amides is 1. The summed E-state index contributed by atoms with van der Waals surface area (Å²) in [6, 6.07) is 15.5. The first-order chi connectivity index (χ1) is 15.8. The lowest BCUT2D eigenvalue weighted by molar-refractivity contribution is -0.137. The Morgan fingerprint density at radius 3 is 2.58 bits per heavy atom. The van der Waals surface area contributed by atoms with Crippen LogP contribution in [-0.4, -0.2) is 27.3 Å². The lowest BCUT2D eigenvalue weighted by atomic mass is 10.1. The third-order valence-electron chi connectivity index (χ3n) is 4.62. The smallest absolute Gasteiger partial charge is 0.416 e. The summed E-state index contributed by atoms with van der Waals surface area (Å²) in [5, 5.41) is 9.03. The summed E-state index contributed by atoms with van der Waals surface area (Å²) in [4.78, 5) is 17.5. The number of halogens is 3. The van der Waals surface area contributed by atoms with Crippen LogP contribution in [0.5, 0.6) is 6.01 Å². The van der Waals surface area contributed by atoms with Crippen LogP contribution in [0.25, 0.3) is 17.1 Å². The standard InChI is InChI=1S/C23H19F3N4O2S/c1-2-32-22-28-21(15-5-3-6-16(13-15)23(24,25)26)30(29-22)18-10-8-17(9-11-18)27-20(31)14-19-7-4-12-33-19/h3-13H,2,14H2,1H3,(H,27,31). The molecular weight excluding hydrogens is 453 g/mol. The number of ether oxygens (including phenoxy) is 1. The predicted molar refractivity (Wildman–Crippen MR) is 120 cm³/mol. The topological polar surface area (TPSA) is 69.0 Å². The molecule has 4 aromatic rings. The molecule has 0 aliphatic heterocycles. The molecule has 6 nitrogen and oxygen atoms in total. The second-order valence-electron chi connectivity index (χ2n) is 6.99. The Labute approximate surface area is 191 Å². The summed E-state index contributed by atoms with van der Waals surface area (Å²) >= 11 is 1.51. The lowest BCUT2D eigenvalue weighted by Crippen LogP contribution is -2.13. The lowest BCUT2D eigenvalue weighted by Gasteiger charge is -2.10. The third kappa shape index (κ3) is 5.40. The Morgan fingerprint density at radius 1 is 1.12 bits per heavy atom. The van der Waals surface area contributed by atoms with Gasteiger partial charge in [-0.15, -0.1) is 16.4 Å². The van der Waals surface area contributed by atoms with Crippen LogP contribution in [0.15, 0.2) is 66.0 Å². The van der Waals surface area contributed by atoms with Crippen molar-refractivity contribution in [1.82, 2.24) is 14.8 Å². The number of alkyl halides is 3. The largest absolute Gasteiger partial charge is 0.463 e. The Bertz CT molecular complexity index is 1240. The molecule has 0 spiro atoms. The van der Waals surface area contributed by atoms with Crippen LogP contribution in [0.3, 0.4) is 0 Å². The molecule has 0 saturated carbocycles. The maximum Gasteiger partial charge on any atom is 0.416 e. The zero-order valence-electron chi connectivity index (χ0n) is 17.5. The number of benzene rings is 2. The van der Waals surface area contributed by atoms with Crippen molar-refractivity contribution >= 4 is 22.9 Å². The fraction of sp³-hybridized carbons (Fsp3) is 0.174. The monoisotopic (exact) mass is 472 g/mol. The number of hydrogen-bond donors (Lipinski definition) is 1. The third-order valence-corrected chi connectivity index (χ3v) is 5.50. The van der Waals surface area contributed by atoms with E-state index in [1.165, 1.54) is 28.2 Å². The van der Waals surface area contributed by atoms with Gasteiger partial charge < -0.3 is 10.1 Å². The first kappa shape index (κ1) is 22.5. The molecule has 0 atom stereocenters. The molecule has 170 valence electrons. The summed E-state index contributed by atoms with van der Waals surface area (Å²) in [6.07, 6.45) is -4.20. The van der Waals surface area contributed by atoms with E-state index < -0.39 is 11.7 Å². The van der Waals surface area contributed by atoms with Crippen LogP contribution in [0.2, 0.25) is 0 Å². The average Bonchev–Trinajstić information content (AvgIpc) is 3.44. The highest BCUT2D eigenvalue weighted by Gasteiger charge is 2.31. The van der Waals surface area contributed by atoms with Gasteiger partial charge in [0.05, 0.1) is 24.3 Å². The Kier molecular flexibility index (Phi) is 6.45. The molecule has 0 saturated heterocycles. The fourth-order valence-electron chi connectivity index (χ4n) is 3.15. The molecular formula is C23H19F3N4O2S. The number of nitrogens with zero attached hydrogens (tertiary/aromatic N) is 3. The van der Waals surface area contributed by atoms with Crippen molar-refractivity contribution < 1.29 is 22.7 Å². The number of aromatic nitrogens is 3. The van der Waals surface area contributed by atoms with Gasteiger partial charge in [-0.1, -0.05) is 18.2 Å². The van der Waals surface area contributed by atoms with E-state index in [9.17, 15) is 18.0 Å². The second kappa shape index (κ2) is 9.45. The summed E-state index contributed by atoms with van der Waals surface area (Å²) in [7, 11) is 0. The van der Waals surface area contributed by atoms with Gasteiger partial charge in [-0.05, 0) is 54.8 Å². The van der Waals surface area contributed by atoms with Crippen LogP contribution >= 0.6 is 11.3 Å². The summed E-state index contributed by atoms with van der Waals surface area (Å²) in [6.45, 7) is 2.07. The van der Waals surface area contributed by atoms with Crippen molar-refractivity contribution in [3.8, 4) is 23.1 Å². The average molecular weight is 472 g/mol. The quantitative estimate of drug-likeness (QED) is 0.381. The first-order valence-electron chi connectivity index (χ1n) is 10.0. The molecule has 0 fully saturated rings. The molecule has 4 rings (SSSR count). The maximum absolute atomic E-state index is 13.2. The predicted octanol–water partition coefficient (Wildman–Crippen LogP) is 5.59. The number of nitrogens with one attached hydrogen (secondary N) is 1. The fourth-order valence-corrected chi connectivity index (χ4v) is 3.85. The maximum atomic E-state index is 13.2. The van der Waals surface area contributed by atoms with Crippen LogP contribution < -0.4 is 10.1 Å². The van der Waals surface area contributed by atoms with Crippen LogP contribution in [0.4, 0.5) is 18.9 Å². The van der Waals surface area contributed by atoms with Gasteiger partial charge in [0.15, 0.2) is 5.82 Å². The molecule has 2 heterocycles. The number of rotatable bonds is 7. The number of carbonyl (C=O) groups is 1. The van der Waals surface area contributed by atoms with E-state index in [1.807, 2.05) is 17.5 Å². The molecule has 1 N–H and O–H groups in total. The normalized spacial score (nSPS) is 11.4. The van der Waals surface area contributed by atoms with E-state index >= 15 is 0 Å². The molecule has 0 aliphatic rings. The molecule has 0 unspecified atom stereocenters. The van der Waals surface area contributed by atoms with Gasteiger partial charge in [-0.2, -0.15) is 18.2 Å². The van der Waals surface area contributed by atoms with Crippen LogP contribution in [-0.2, 0) is 17.4 Å². The molecule has 10 heteroatoms. The summed E-state index contributed by atoms with van der Waals surface area (Å²) in [5.41, 5.74) is 0.608. The van der Waals surface area contributed by atoms with Crippen LogP contribution in [0, 0.1) is 0 Å². The Morgan fingerprint density at radius 2 is 1.91 bits per heavy atom.